The van der Waals surface area contributed by atoms with Crippen molar-refractivity contribution >= 4 is 10.9 Å². The van der Waals surface area contributed by atoms with Crippen molar-refractivity contribution in [3.8, 4) is 0 Å². The summed E-state index contributed by atoms with van der Waals surface area (Å²) in [4.78, 5) is 0. The number of hydrogen-bond acceptors (Lipinski definition) is 4. The summed E-state index contributed by atoms with van der Waals surface area (Å²) in [5.41, 5.74) is 15.3. The molecule has 5 nitrogen and oxygen atoms in total. The monoisotopic (exact) mass is 316 g/mol. The molecule has 1 heterocycles. The van der Waals surface area contributed by atoms with Crippen molar-refractivity contribution < 1.29 is 5.11 Å². The summed E-state index contributed by atoms with van der Waals surface area (Å²) in [5, 5.41) is 14.9. The van der Waals surface area contributed by atoms with E-state index in [0.717, 1.165) is 35.0 Å². The molecule has 1 aliphatic rings. The standard InChI is InChI=1S/C18H28N4O/c1-12-18(15(20)10-19)14-8-4-5-9-16(14)22(12)11-17(23)21-13-6-2-3-7-13/h4-5,8-9,13,15,17,21,23H,2-3,6-7,10-11,19-20H2,1H3. The fourth-order valence-corrected chi connectivity index (χ4v) is 3.87. The van der Waals surface area contributed by atoms with Crippen LogP contribution in [0, 0.1) is 6.92 Å². The molecule has 23 heavy (non-hydrogen) atoms. The van der Waals surface area contributed by atoms with Crippen LogP contribution in [-0.2, 0) is 6.54 Å². The smallest absolute Gasteiger partial charge is 0.123 e. The summed E-state index contributed by atoms with van der Waals surface area (Å²) in [7, 11) is 0. The van der Waals surface area contributed by atoms with Gasteiger partial charge in [-0.1, -0.05) is 31.0 Å². The molecule has 0 spiro atoms. The third-order valence-corrected chi connectivity index (χ3v) is 5.04. The second kappa shape index (κ2) is 7.01. The maximum absolute atomic E-state index is 10.5. The zero-order chi connectivity index (χ0) is 16.4. The van der Waals surface area contributed by atoms with Gasteiger partial charge in [-0.2, -0.15) is 0 Å². The molecule has 126 valence electrons. The Morgan fingerprint density at radius 3 is 2.70 bits per heavy atom. The minimum atomic E-state index is -0.547. The van der Waals surface area contributed by atoms with Gasteiger partial charge in [0.2, 0.25) is 0 Å². The normalized spacial score (nSPS) is 18.6. The zero-order valence-electron chi connectivity index (χ0n) is 13.8. The maximum atomic E-state index is 10.5. The maximum Gasteiger partial charge on any atom is 0.123 e. The van der Waals surface area contributed by atoms with E-state index >= 15 is 0 Å². The first kappa shape index (κ1) is 16.5. The molecule has 0 bridgehead atoms. The van der Waals surface area contributed by atoms with Crippen LogP contribution < -0.4 is 16.8 Å². The summed E-state index contributed by atoms with van der Waals surface area (Å²) in [5.74, 6) is 0. The van der Waals surface area contributed by atoms with Crippen LogP contribution in [0.1, 0.15) is 43.0 Å². The molecule has 2 unspecified atom stereocenters. The van der Waals surface area contributed by atoms with Crippen LogP contribution in [0.4, 0.5) is 0 Å². The van der Waals surface area contributed by atoms with Gasteiger partial charge in [-0.15, -0.1) is 0 Å². The van der Waals surface area contributed by atoms with Crippen LogP contribution in [-0.4, -0.2) is 28.5 Å². The predicted octanol–water partition coefficient (Wildman–Crippen LogP) is 1.76. The Morgan fingerprint density at radius 2 is 2.00 bits per heavy atom. The van der Waals surface area contributed by atoms with Crippen molar-refractivity contribution in [2.24, 2.45) is 11.5 Å². The highest BCUT2D eigenvalue weighted by molar-refractivity contribution is 5.86. The molecule has 3 rings (SSSR count). The van der Waals surface area contributed by atoms with E-state index in [1.165, 1.54) is 12.8 Å². The number of hydrogen-bond donors (Lipinski definition) is 4. The molecular weight excluding hydrogens is 288 g/mol. The van der Waals surface area contributed by atoms with Gasteiger partial charge < -0.3 is 21.1 Å². The van der Waals surface area contributed by atoms with Crippen LogP contribution in [0.3, 0.4) is 0 Å². The van der Waals surface area contributed by atoms with Crippen molar-refractivity contribution in [1.82, 2.24) is 9.88 Å². The molecule has 6 N–H and O–H groups in total. The summed E-state index contributed by atoms with van der Waals surface area (Å²) < 4.78 is 2.16. The molecule has 1 aromatic heterocycles. The molecule has 1 aromatic carbocycles. The highest BCUT2D eigenvalue weighted by Gasteiger charge is 2.22. The lowest BCUT2D eigenvalue weighted by molar-refractivity contribution is 0.105. The van der Waals surface area contributed by atoms with Gasteiger partial charge in [0.1, 0.15) is 6.23 Å². The summed E-state index contributed by atoms with van der Waals surface area (Å²) in [6.45, 7) is 3.00. The van der Waals surface area contributed by atoms with Gasteiger partial charge in [-0.25, -0.2) is 0 Å². The van der Waals surface area contributed by atoms with Gasteiger partial charge in [0.25, 0.3) is 0 Å². The first-order valence-corrected chi connectivity index (χ1v) is 8.59. The molecule has 2 atom stereocenters. The number of nitrogens with two attached hydrogens (primary N) is 2. The summed E-state index contributed by atoms with van der Waals surface area (Å²) in [6, 6.07) is 8.47. The Labute approximate surface area is 137 Å². The second-order valence-corrected chi connectivity index (χ2v) is 6.63. The lowest BCUT2D eigenvalue weighted by atomic mass is 10.0. The van der Waals surface area contributed by atoms with Crippen LogP contribution in [0.25, 0.3) is 10.9 Å². The number of nitrogens with one attached hydrogen (secondary N) is 1. The fraction of sp³-hybridized carbons (Fsp3) is 0.556. The number of benzene rings is 1. The third kappa shape index (κ3) is 3.28. The largest absolute Gasteiger partial charge is 0.377 e. The molecule has 0 aliphatic heterocycles. The van der Waals surface area contributed by atoms with Gasteiger partial charge >= 0.3 is 0 Å². The van der Waals surface area contributed by atoms with Gasteiger partial charge in [-0.3, -0.25) is 5.32 Å². The molecule has 2 aromatic rings. The summed E-state index contributed by atoms with van der Waals surface area (Å²) in [6.07, 6.45) is 4.28. The van der Waals surface area contributed by atoms with Crippen molar-refractivity contribution in [3.05, 3.63) is 35.5 Å². The molecule has 0 amide bonds. The first-order valence-electron chi connectivity index (χ1n) is 8.59. The number of fused-ring (bicyclic) bond motifs is 1. The van der Waals surface area contributed by atoms with Gasteiger partial charge in [-0.05, 0) is 31.4 Å². The lowest BCUT2D eigenvalue weighted by Crippen LogP contribution is -2.39. The van der Waals surface area contributed by atoms with Crippen molar-refractivity contribution in [2.75, 3.05) is 6.54 Å². The van der Waals surface area contributed by atoms with E-state index in [2.05, 4.69) is 28.9 Å². The minimum absolute atomic E-state index is 0.180. The Balaban J connectivity index is 1.89. The number of nitrogens with zero attached hydrogens (tertiary/aromatic N) is 1. The van der Waals surface area contributed by atoms with Crippen molar-refractivity contribution in [1.29, 1.82) is 0 Å². The molecular formula is C18H28N4O. The van der Waals surface area contributed by atoms with Gasteiger partial charge in [0.15, 0.2) is 0 Å². The fourth-order valence-electron chi connectivity index (χ4n) is 3.87. The van der Waals surface area contributed by atoms with E-state index in [-0.39, 0.29) is 6.04 Å². The Hall–Kier alpha value is -1.40. The first-order chi connectivity index (χ1) is 11.1. The summed E-state index contributed by atoms with van der Waals surface area (Å²) >= 11 is 0. The van der Waals surface area contributed by atoms with E-state index in [0.29, 0.717) is 19.1 Å². The third-order valence-electron chi connectivity index (χ3n) is 5.04. The number of aliphatic hydroxyl groups is 1. The second-order valence-electron chi connectivity index (χ2n) is 6.63. The molecule has 1 fully saturated rings. The quantitative estimate of drug-likeness (QED) is 0.611. The Kier molecular flexibility index (Phi) is 5.02. The molecule has 5 heteroatoms. The highest BCUT2D eigenvalue weighted by atomic mass is 16.3. The molecule has 1 aliphatic carbocycles. The number of rotatable bonds is 6. The average Bonchev–Trinajstić information content (AvgIpc) is 3.14. The van der Waals surface area contributed by atoms with E-state index in [4.69, 9.17) is 11.5 Å². The lowest BCUT2D eigenvalue weighted by Gasteiger charge is -2.20. The van der Waals surface area contributed by atoms with Crippen LogP contribution in [0.5, 0.6) is 0 Å². The van der Waals surface area contributed by atoms with Crippen LogP contribution >= 0.6 is 0 Å². The van der Waals surface area contributed by atoms with E-state index < -0.39 is 6.23 Å². The van der Waals surface area contributed by atoms with Gasteiger partial charge in [0, 0.05) is 35.2 Å². The zero-order valence-corrected chi connectivity index (χ0v) is 13.8. The molecule has 0 saturated heterocycles. The topological polar surface area (TPSA) is 89.2 Å². The van der Waals surface area contributed by atoms with E-state index in [1.54, 1.807) is 0 Å². The predicted molar refractivity (Wildman–Crippen MR) is 94.1 cm³/mol. The minimum Gasteiger partial charge on any atom is -0.377 e. The van der Waals surface area contributed by atoms with Crippen LogP contribution in [0.15, 0.2) is 24.3 Å². The van der Waals surface area contributed by atoms with Crippen molar-refractivity contribution in [3.63, 3.8) is 0 Å². The van der Waals surface area contributed by atoms with Crippen LogP contribution in [0.2, 0.25) is 0 Å². The number of aromatic nitrogens is 1. The highest BCUT2D eigenvalue weighted by Crippen LogP contribution is 2.29. The van der Waals surface area contributed by atoms with Gasteiger partial charge in [0.05, 0.1) is 6.54 Å². The molecule has 0 radical (unpaired) electrons. The average molecular weight is 316 g/mol. The van der Waals surface area contributed by atoms with E-state index in [1.807, 2.05) is 12.1 Å². The number of aliphatic hydroxyl groups excluding tert-OH is 1. The van der Waals surface area contributed by atoms with Crippen molar-refractivity contribution in [2.45, 2.75) is 57.5 Å². The Morgan fingerprint density at radius 1 is 1.30 bits per heavy atom. The number of para-hydroxylation sites is 1. The molecule has 1 saturated carbocycles. The SMILES string of the molecule is Cc1c(C(N)CN)c2ccccc2n1CC(O)NC1CCCC1. The Bertz CT molecular complexity index is 660. The van der Waals surface area contributed by atoms with E-state index in [9.17, 15) is 5.11 Å².